The minimum atomic E-state index is -0.472. The molecule has 0 atom stereocenters. The molecule has 1 fully saturated rings. The molecule has 30 heavy (non-hydrogen) atoms. The number of nitrogens with one attached hydrogen (secondary N) is 1. The fourth-order valence-corrected chi connectivity index (χ4v) is 3.43. The van der Waals surface area contributed by atoms with Crippen molar-refractivity contribution in [3.05, 3.63) is 71.9 Å². The van der Waals surface area contributed by atoms with Gasteiger partial charge in [-0.15, -0.1) is 0 Å². The molecule has 7 nitrogen and oxygen atoms in total. The molecule has 2 heterocycles. The van der Waals surface area contributed by atoms with Crippen LogP contribution in [-0.2, 0) is 25.7 Å². The molecule has 7 heteroatoms. The lowest BCUT2D eigenvalue weighted by Crippen LogP contribution is -2.35. The summed E-state index contributed by atoms with van der Waals surface area (Å²) in [5.74, 6) is -1.25. The second-order valence-electron chi connectivity index (χ2n) is 7.24. The summed E-state index contributed by atoms with van der Waals surface area (Å²) in [4.78, 5) is 37.5. The average Bonchev–Trinajstić information content (AvgIpc) is 3.20. The highest BCUT2D eigenvalue weighted by atomic mass is 16.5. The number of amides is 2. The molecule has 1 saturated heterocycles. The third-order valence-corrected chi connectivity index (χ3v) is 4.69. The number of ether oxygens (including phenoxy) is 1. The van der Waals surface area contributed by atoms with Crippen LogP contribution in [0.2, 0.25) is 0 Å². The van der Waals surface area contributed by atoms with Crippen molar-refractivity contribution in [2.75, 3.05) is 5.01 Å². The smallest absolute Gasteiger partial charge is 0.326 e. The first-order chi connectivity index (χ1) is 14.4. The minimum Gasteiger partial charge on any atom is -0.462 e. The molecule has 2 amide bonds. The van der Waals surface area contributed by atoms with Crippen LogP contribution in [0.15, 0.2) is 66.4 Å². The second-order valence-corrected chi connectivity index (χ2v) is 7.24. The van der Waals surface area contributed by atoms with Gasteiger partial charge < -0.3 is 9.30 Å². The van der Waals surface area contributed by atoms with Crippen molar-refractivity contribution in [3.63, 3.8) is 0 Å². The van der Waals surface area contributed by atoms with Gasteiger partial charge in [-0.05, 0) is 38.1 Å². The summed E-state index contributed by atoms with van der Waals surface area (Å²) in [7, 11) is 0. The van der Waals surface area contributed by atoms with E-state index >= 15 is 0 Å². The molecule has 0 radical (unpaired) electrons. The number of rotatable bonds is 5. The van der Waals surface area contributed by atoms with E-state index in [4.69, 9.17) is 4.74 Å². The number of hydrazine groups is 1. The van der Waals surface area contributed by atoms with E-state index in [0.29, 0.717) is 11.3 Å². The van der Waals surface area contributed by atoms with Crippen LogP contribution in [0, 0.1) is 0 Å². The summed E-state index contributed by atoms with van der Waals surface area (Å²) in [6, 6.07) is 16.4. The summed E-state index contributed by atoms with van der Waals surface area (Å²) in [5, 5.41) is 2.06. The predicted octanol–water partition coefficient (Wildman–Crippen LogP) is 3.05. The monoisotopic (exact) mass is 403 g/mol. The molecule has 0 aliphatic carbocycles. The molecule has 3 aromatic rings. The Bertz CT molecular complexity index is 1160. The highest BCUT2D eigenvalue weighted by molar-refractivity contribution is 6.32. The molecule has 0 bridgehead atoms. The highest BCUT2D eigenvalue weighted by Crippen LogP contribution is 2.26. The molecular formula is C23H21N3O4. The molecule has 0 unspecified atom stereocenters. The van der Waals surface area contributed by atoms with Crippen LogP contribution in [-0.4, -0.2) is 28.5 Å². The Hall–Kier alpha value is -3.87. The maximum atomic E-state index is 12.9. The van der Waals surface area contributed by atoms with Crippen molar-refractivity contribution in [1.82, 2.24) is 9.99 Å². The maximum absolute atomic E-state index is 12.9. The maximum Gasteiger partial charge on any atom is 0.326 e. The molecule has 2 aromatic carbocycles. The Morgan fingerprint density at radius 1 is 1.07 bits per heavy atom. The lowest BCUT2D eigenvalue weighted by Gasteiger charge is -2.13. The molecule has 1 aliphatic rings. The molecule has 1 N–H and O–H groups in total. The van der Waals surface area contributed by atoms with Gasteiger partial charge in [0.1, 0.15) is 12.1 Å². The molecule has 152 valence electrons. The largest absolute Gasteiger partial charge is 0.462 e. The lowest BCUT2D eigenvalue weighted by atomic mass is 10.1. The highest BCUT2D eigenvalue weighted by Gasteiger charge is 2.34. The predicted molar refractivity (Wildman–Crippen MR) is 113 cm³/mol. The Labute approximate surface area is 173 Å². The third kappa shape index (κ3) is 3.69. The topological polar surface area (TPSA) is 80.6 Å². The Balaban J connectivity index is 1.70. The molecule has 1 aromatic heterocycles. The fraction of sp³-hybridized carbons (Fsp3) is 0.174. The Morgan fingerprint density at radius 3 is 2.50 bits per heavy atom. The number of benzene rings is 2. The second kappa shape index (κ2) is 7.87. The van der Waals surface area contributed by atoms with E-state index in [2.05, 4.69) is 5.43 Å². The zero-order valence-electron chi connectivity index (χ0n) is 16.7. The molecule has 4 rings (SSSR count). The van der Waals surface area contributed by atoms with Crippen LogP contribution >= 0.6 is 0 Å². The Morgan fingerprint density at radius 2 is 1.77 bits per heavy atom. The number of nitrogens with zero attached hydrogens (tertiary/aromatic N) is 2. The first-order valence-corrected chi connectivity index (χ1v) is 9.63. The number of carbonyl (C=O) groups excluding carboxylic acids is 3. The van der Waals surface area contributed by atoms with Crippen molar-refractivity contribution >= 4 is 40.4 Å². The van der Waals surface area contributed by atoms with Gasteiger partial charge in [-0.3, -0.25) is 19.8 Å². The van der Waals surface area contributed by atoms with Crippen LogP contribution in [0.1, 0.15) is 19.4 Å². The van der Waals surface area contributed by atoms with Gasteiger partial charge in [0.05, 0.1) is 11.8 Å². The summed E-state index contributed by atoms with van der Waals surface area (Å²) in [5.41, 5.74) is 4.70. The number of aromatic nitrogens is 1. The van der Waals surface area contributed by atoms with Gasteiger partial charge >= 0.3 is 5.97 Å². The standard InChI is InChI=1S/C23H21N3O4/c1-15(2)30-21(27)14-25-13-16(18-10-6-7-11-20(18)25)12-19-22(28)24-26(23(19)29)17-8-4-3-5-9-17/h3-13,15H,14H2,1-2H3,(H,24,28)/b19-12+. The zero-order valence-corrected chi connectivity index (χ0v) is 16.7. The number of fused-ring (bicyclic) bond motifs is 1. The molecule has 0 spiro atoms. The van der Waals surface area contributed by atoms with E-state index in [9.17, 15) is 14.4 Å². The van der Waals surface area contributed by atoms with E-state index in [1.165, 1.54) is 5.01 Å². The number of hydrogen-bond acceptors (Lipinski definition) is 4. The van der Waals surface area contributed by atoms with Crippen LogP contribution in [0.4, 0.5) is 5.69 Å². The van der Waals surface area contributed by atoms with Gasteiger partial charge in [-0.1, -0.05) is 36.4 Å². The zero-order chi connectivity index (χ0) is 21.3. The van der Waals surface area contributed by atoms with Crippen LogP contribution in [0.5, 0.6) is 0 Å². The third-order valence-electron chi connectivity index (χ3n) is 4.69. The quantitative estimate of drug-likeness (QED) is 0.403. The normalized spacial score (nSPS) is 15.3. The van der Waals surface area contributed by atoms with E-state index in [0.717, 1.165) is 10.9 Å². The SMILES string of the molecule is CC(C)OC(=O)Cn1cc(/C=C2\C(=O)NN(c3ccccc3)C2=O)c2ccccc21. The van der Waals surface area contributed by atoms with Crippen molar-refractivity contribution in [1.29, 1.82) is 0 Å². The summed E-state index contributed by atoms with van der Waals surface area (Å²) >= 11 is 0. The van der Waals surface area contributed by atoms with Gasteiger partial charge in [-0.25, -0.2) is 5.01 Å². The van der Waals surface area contributed by atoms with Crippen LogP contribution in [0.3, 0.4) is 0 Å². The first kappa shape index (κ1) is 19.4. The van der Waals surface area contributed by atoms with Gasteiger partial charge in [0.2, 0.25) is 0 Å². The Kier molecular flexibility index (Phi) is 5.10. The molecular weight excluding hydrogens is 382 g/mol. The number of hydrogen-bond donors (Lipinski definition) is 1. The number of para-hydroxylation sites is 2. The van der Waals surface area contributed by atoms with Crippen LogP contribution < -0.4 is 10.4 Å². The van der Waals surface area contributed by atoms with Crippen molar-refractivity contribution in [3.8, 4) is 0 Å². The summed E-state index contributed by atoms with van der Waals surface area (Å²) in [6.07, 6.45) is 3.11. The van der Waals surface area contributed by atoms with Crippen molar-refractivity contribution in [2.45, 2.75) is 26.5 Å². The minimum absolute atomic E-state index is 0.0338. The molecule has 0 saturated carbocycles. The van der Waals surface area contributed by atoms with Gasteiger partial charge in [0.25, 0.3) is 11.8 Å². The molecule has 1 aliphatic heterocycles. The van der Waals surface area contributed by atoms with Gasteiger partial charge in [0, 0.05) is 22.7 Å². The summed E-state index contributed by atoms with van der Waals surface area (Å²) < 4.78 is 7.01. The van der Waals surface area contributed by atoms with Gasteiger partial charge in [-0.2, -0.15) is 0 Å². The average molecular weight is 403 g/mol. The van der Waals surface area contributed by atoms with Crippen molar-refractivity contribution < 1.29 is 19.1 Å². The van der Waals surface area contributed by atoms with E-state index < -0.39 is 11.8 Å². The number of anilines is 1. The lowest BCUT2D eigenvalue weighted by molar-refractivity contribution is -0.148. The van der Waals surface area contributed by atoms with E-state index in [1.807, 2.05) is 30.3 Å². The summed E-state index contributed by atoms with van der Waals surface area (Å²) in [6.45, 7) is 3.63. The van der Waals surface area contributed by atoms with Crippen molar-refractivity contribution in [2.24, 2.45) is 0 Å². The number of esters is 1. The fourth-order valence-electron chi connectivity index (χ4n) is 3.43. The van der Waals surface area contributed by atoms with Crippen LogP contribution in [0.25, 0.3) is 17.0 Å². The number of carbonyl (C=O) groups is 3. The van der Waals surface area contributed by atoms with E-state index in [1.54, 1.807) is 55.0 Å². The first-order valence-electron chi connectivity index (χ1n) is 9.63. The van der Waals surface area contributed by atoms with E-state index in [-0.39, 0.29) is 24.2 Å². The van der Waals surface area contributed by atoms with Gasteiger partial charge in [0.15, 0.2) is 0 Å².